The normalized spacial score (nSPS) is 10.5. The topological polar surface area (TPSA) is 56.0 Å². The summed E-state index contributed by atoms with van der Waals surface area (Å²) in [6, 6.07) is 6.95. The molecule has 0 fully saturated rings. The van der Waals surface area contributed by atoms with Gasteiger partial charge in [-0.1, -0.05) is 35.5 Å². The lowest BCUT2D eigenvalue weighted by molar-refractivity contribution is 0.102. The van der Waals surface area contributed by atoms with Crippen LogP contribution in [0.3, 0.4) is 0 Å². The van der Waals surface area contributed by atoms with Gasteiger partial charge in [-0.05, 0) is 12.1 Å². The molecule has 0 saturated carbocycles. The maximum atomic E-state index is 11.9. The number of hydrogen-bond donors (Lipinski definition) is 0. The van der Waals surface area contributed by atoms with Crippen molar-refractivity contribution in [1.82, 2.24) is 10.2 Å². The fourth-order valence-corrected chi connectivity index (χ4v) is 2.16. The van der Waals surface area contributed by atoms with Crippen molar-refractivity contribution < 1.29 is 9.21 Å². The van der Waals surface area contributed by atoms with Gasteiger partial charge in [-0.3, -0.25) is 4.79 Å². The minimum Gasteiger partial charge on any atom is -0.416 e. The Labute approximate surface area is 107 Å². The highest BCUT2D eigenvalue weighted by Gasteiger charge is 2.12. The van der Waals surface area contributed by atoms with E-state index in [0.717, 1.165) is 0 Å². The first kappa shape index (κ1) is 12.1. The standard InChI is InChI=1S/C11H9ClN2O2S/c1-7-13-14-11(16-7)17-6-10(15)8-4-2-3-5-9(8)12/h2-5H,6H2,1H3. The maximum Gasteiger partial charge on any atom is 0.277 e. The van der Waals surface area contributed by atoms with Crippen LogP contribution < -0.4 is 0 Å². The molecule has 0 unspecified atom stereocenters. The third-order valence-corrected chi connectivity index (χ3v) is 3.16. The van der Waals surface area contributed by atoms with E-state index in [9.17, 15) is 4.79 Å². The first-order chi connectivity index (χ1) is 8.16. The summed E-state index contributed by atoms with van der Waals surface area (Å²) in [5.41, 5.74) is 0.512. The number of ketones is 1. The van der Waals surface area contributed by atoms with Crippen LogP contribution in [0.4, 0.5) is 0 Å². The van der Waals surface area contributed by atoms with Gasteiger partial charge in [0, 0.05) is 12.5 Å². The zero-order valence-corrected chi connectivity index (χ0v) is 10.6. The zero-order chi connectivity index (χ0) is 12.3. The number of benzene rings is 1. The molecule has 0 amide bonds. The van der Waals surface area contributed by atoms with Crippen LogP contribution >= 0.6 is 23.4 Å². The largest absolute Gasteiger partial charge is 0.416 e. The molecule has 1 aromatic heterocycles. The van der Waals surface area contributed by atoms with Crippen molar-refractivity contribution in [2.75, 3.05) is 5.75 Å². The van der Waals surface area contributed by atoms with Gasteiger partial charge in [-0.25, -0.2) is 0 Å². The van der Waals surface area contributed by atoms with E-state index in [1.807, 2.05) is 0 Å². The van der Waals surface area contributed by atoms with Crippen LogP contribution in [-0.4, -0.2) is 21.7 Å². The molecule has 88 valence electrons. The van der Waals surface area contributed by atoms with E-state index in [-0.39, 0.29) is 11.5 Å². The Morgan fingerprint density at radius 3 is 2.82 bits per heavy atom. The van der Waals surface area contributed by atoms with Crippen LogP contribution in [0.15, 0.2) is 33.9 Å². The number of rotatable bonds is 4. The molecule has 0 atom stereocenters. The summed E-state index contributed by atoms with van der Waals surface area (Å²) >= 11 is 7.13. The molecular formula is C11H9ClN2O2S. The predicted octanol–water partition coefficient (Wildman–Crippen LogP) is 3.01. The van der Waals surface area contributed by atoms with Crippen molar-refractivity contribution in [3.8, 4) is 0 Å². The molecule has 0 N–H and O–H groups in total. The maximum absolute atomic E-state index is 11.9. The molecule has 2 aromatic rings. The number of nitrogens with zero attached hydrogens (tertiary/aromatic N) is 2. The molecule has 17 heavy (non-hydrogen) atoms. The van der Waals surface area contributed by atoms with Gasteiger partial charge in [0.25, 0.3) is 5.22 Å². The monoisotopic (exact) mass is 268 g/mol. The molecular weight excluding hydrogens is 260 g/mol. The van der Waals surface area contributed by atoms with Crippen molar-refractivity contribution in [1.29, 1.82) is 0 Å². The molecule has 0 radical (unpaired) electrons. The Morgan fingerprint density at radius 1 is 1.41 bits per heavy atom. The van der Waals surface area contributed by atoms with Gasteiger partial charge in [0.2, 0.25) is 5.89 Å². The summed E-state index contributed by atoms with van der Waals surface area (Å²) in [5.74, 6) is 0.653. The molecule has 1 aromatic carbocycles. The first-order valence-corrected chi connectivity index (χ1v) is 6.24. The van der Waals surface area contributed by atoms with E-state index in [4.69, 9.17) is 16.0 Å². The average Bonchev–Trinajstić information content (AvgIpc) is 2.73. The number of halogens is 1. The minimum absolute atomic E-state index is 0.0588. The van der Waals surface area contributed by atoms with E-state index >= 15 is 0 Å². The molecule has 2 rings (SSSR count). The lowest BCUT2D eigenvalue weighted by atomic mass is 10.1. The lowest BCUT2D eigenvalue weighted by Crippen LogP contribution is -2.02. The Balaban J connectivity index is 2.01. The molecule has 6 heteroatoms. The fourth-order valence-electron chi connectivity index (χ4n) is 1.23. The highest BCUT2D eigenvalue weighted by Crippen LogP contribution is 2.21. The van der Waals surface area contributed by atoms with Crippen LogP contribution in [0, 0.1) is 6.92 Å². The van der Waals surface area contributed by atoms with Crippen LogP contribution in [0.5, 0.6) is 0 Å². The van der Waals surface area contributed by atoms with Crippen LogP contribution in [-0.2, 0) is 0 Å². The molecule has 0 aliphatic carbocycles. The summed E-state index contributed by atoms with van der Waals surface area (Å²) in [7, 11) is 0. The van der Waals surface area contributed by atoms with Crippen molar-refractivity contribution in [3.05, 3.63) is 40.7 Å². The zero-order valence-electron chi connectivity index (χ0n) is 9.01. The quantitative estimate of drug-likeness (QED) is 0.630. The van der Waals surface area contributed by atoms with Crippen molar-refractivity contribution in [2.24, 2.45) is 0 Å². The van der Waals surface area contributed by atoms with Gasteiger partial charge < -0.3 is 4.42 Å². The summed E-state index contributed by atoms with van der Waals surface area (Å²) in [4.78, 5) is 11.9. The van der Waals surface area contributed by atoms with Gasteiger partial charge in [0.05, 0.1) is 10.8 Å². The average molecular weight is 269 g/mol. The summed E-state index contributed by atoms with van der Waals surface area (Å²) in [5, 5.41) is 8.32. The Hall–Kier alpha value is -1.33. The van der Waals surface area contributed by atoms with Gasteiger partial charge in [-0.15, -0.1) is 10.2 Å². The number of hydrogen-bond acceptors (Lipinski definition) is 5. The fraction of sp³-hybridized carbons (Fsp3) is 0.182. The second-order valence-corrected chi connectivity index (χ2v) is 4.61. The third kappa shape index (κ3) is 3.08. The highest BCUT2D eigenvalue weighted by molar-refractivity contribution is 7.99. The Bertz CT molecular complexity index is 542. The number of thioether (sulfide) groups is 1. The molecule has 0 aliphatic rings. The third-order valence-electron chi connectivity index (χ3n) is 2.01. The van der Waals surface area contributed by atoms with Crippen molar-refractivity contribution in [3.63, 3.8) is 0 Å². The van der Waals surface area contributed by atoms with E-state index in [1.54, 1.807) is 31.2 Å². The summed E-state index contributed by atoms with van der Waals surface area (Å²) in [6.45, 7) is 1.70. The molecule has 1 heterocycles. The number of carbonyl (C=O) groups is 1. The number of aryl methyl sites for hydroxylation is 1. The lowest BCUT2D eigenvalue weighted by Gasteiger charge is -2.00. The highest BCUT2D eigenvalue weighted by atomic mass is 35.5. The van der Waals surface area contributed by atoms with Crippen molar-refractivity contribution >= 4 is 29.1 Å². The SMILES string of the molecule is Cc1nnc(SCC(=O)c2ccccc2Cl)o1. The molecule has 0 aliphatic heterocycles. The number of carbonyl (C=O) groups excluding carboxylic acids is 1. The second-order valence-electron chi connectivity index (χ2n) is 3.28. The van der Waals surface area contributed by atoms with Crippen molar-refractivity contribution in [2.45, 2.75) is 12.1 Å². The van der Waals surface area contributed by atoms with E-state index in [2.05, 4.69) is 10.2 Å². The predicted molar refractivity (Wildman–Crippen MR) is 65.5 cm³/mol. The van der Waals surface area contributed by atoms with Gasteiger partial charge in [-0.2, -0.15) is 0 Å². The van der Waals surface area contributed by atoms with Gasteiger partial charge in [0.15, 0.2) is 5.78 Å². The number of Topliss-reactive ketones (excluding diaryl/α,β-unsaturated/α-hetero) is 1. The molecule has 0 bridgehead atoms. The smallest absolute Gasteiger partial charge is 0.277 e. The van der Waals surface area contributed by atoms with E-state index in [0.29, 0.717) is 21.7 Å². The van der Waals surface area contributed by atoms with Crippen LogP contribution in [0.2, 0.25) is 5.02 Å². The minimum atomic E-state index is -0.0588. The Morgan fingerprint density at radius 2 is 2.18 bits per heavy atom. The molecule has 4 nitrogen and oxygen atoms in total. The molecule has 0 saturated heterocycles. The Kier molecular flexibility index (Phi) is 3.81. The van der Waals surface area contributed by atoms with E-state index in [1.165, 1.54) is 11.8 Å². The van der Waals surface area contributed by atoms with Crippen LogP contribution in [0.25, 0.3) is 0 Å². The summed E-state index contributed by atoms with van der Waals surface area (Å²) < 4.78 is 5.16. The van der Waals surface area contributed by atoms with Gasteiger partial charge >= 0.3 is 0 Å². The first-order valence-electron chi connectivity index (χ1n) is 4.87. The molecule has 0 spiro atoms. The van der Waals surface area contributed by atoms with Crippen LogP contribution in [0.1, 0.15) is 16.2 Å². The second kappa shape index (κ2) is 5.33. The van der Waals surface area contributed by atoms with E-state index < -0.39 is 0 Å². The summed E-state index contributed by atoms with van der Waals surface area (Å²) in [6.07, 6.45) is 0. The van der Waals surface area contributed by atoms with Gasteiger partial charge in [0.1, 0.15) is 0 Å². The number of aromatic nitrogens is 2.